The number of nitrogens with one attached hydrogen (secondary N) is 1. The maximum Gasteiger partial charge on any atom is 0.236 e. The Bertz CT molecular complexity index is 585. The third-order valence-corrected chi connectivity index (χ3v) is 4.94. The molecular formula is C19H27N3O3. The largest absolute Gasteiger partial charge is 0.376 e. The number of likely N-dealkylation sites (tertiary alicyclic amines) is 1. The van der Waals surface area contributed by atoms with Gasteiger partial charge in [-0.3, -0.25) is 14.5 Å². The van der Waals surface area contributed by atoms with Crippen LogP contribution in [-0.4, -0.2) is 67.0 Å². The van der Waals surface area contributed by atoms with Crippen molar-refractivity contribution >= 4 is 17.5 Å². The van der Waals surface area contributed by atoms with Crippen molar-refractivity contribution in [2.45, 2.75) is 25.9 Å². The van der Waals surface area contributed by atoms with Crippen molar-refractivity contribution in [1.82, 2.24) is 9.80 Å². The molecule has 2 saturated heterocycles. The molecule has 0 aliphatic carbocycles. The minimum absolute atomic E-state index is 0.0207. The number of hydrogen-bond donors (Lipinski definition) is 1. The number of ether oxygens (including phenoxy) is 1. The number of morpholine rings is 1. The van der Waals surface area contributed by atoms with Crippen molar-refractivity contribution in [3.63, 3.8) is 0 Å². The highest BCUT2D eigenvalue weighted by atomic mass is 16.5. The number of benzene rings is 1. The summed E-state index contributed by atoms with van der Waals surface area (Å²) in [6, 6.07) is 9.52. The predicted octanol–water partition coefficient (Wildman–Crippen LogP) is 1.58. The number of anilines is 1. The lowest BCUT2D eigenvalue weighted by atomic mass is 9.95. The van der Waals surface area contributed by atoms with E-state index in [1.807, 2.05) is 42.2 Å². The molecule has 25 heavy (non-hydrogen) atoms. The van der Waals surface area contributed by atoms with E-state index in [0.717, 1.165) is 31.6 Å². The molecule has 2 amide bonds. The van der Waals surface area contributed by atoms with Gasteiger partial charge in [0.1, 0.15) is 0 Å². The monoisotopic (exact) mass is 345 g/mol. The van der Waals surface area contributed by atoms with Crippen LogP contribution < -0.4 is 5.32 Å². The first-order chi connectivity index (χ1) is 12.1. The van der Waals surface area contributed by atoms with Gasteiger partial charge in [-0.05, 0) is 31.9 Å². The van der Waals surface area contributed by atoms with Gasteiger partial charge in [0.2, 0.25) is 11.8 Å². The Hall–Kier alpha value is -1.92. The van der Waals surface area contributed by atoms with Gasteiger partial charge >= 0.3 is 0 Å². The van der Waals surface area contributed by atoms with Crippen molar-refractivity contribution in [1.29, 1.82) is 0 Å². The average molecular weight is 345 g/mol. The number of rotatable bonds is 4. The zero-order chi connectivity index (χ0) is 17.6. The zero-order valence-electron chi connectivity index (χ0n) is 14.8. The highest BCUT2D eigenvalue weighted by Crippen LogP contribution is 2.20. The van der Waals surface area contributed by atoms with Crippen molar-refractivity contribution in [3.05, 3.63) is 30.3 Å². The van der Waals surface area contributed by atoms with Gasteiger partial charge in [-0.2, -0.15) is 0 Å². The molecule has 1 aromatic carbocycles. The normalized spacial score (nSPS) is 22.6. The molecule has 0 radical (unpaired) electrons. The Labute approximate surface area is 149 Å². The van der Waals surface area contributed by atoms with E-state index in [1.165, 1.54) is 0 Å². The molecule has 1 atom stereocenters. The van der Waals surface area contributed by atoms with Crippen molar-refractivity contribution in [2.75, 3.05) is 44.6 Å². The molecule has 1 aromatic rings. The van der Waals surface area contributed by atoms with E-state index in [2.05, 4.69) is 10.2 Å². The summed E-state index contributed by atoms with van der Waals surface area (Å²) in [6.07, 6.45) is 1.64. The fourth-order valence-corrected chi connectivity index (χ4v) is 3.48. The molecule has 2 aliphatic heterocycles. The number of carbonyl (C=O) groups is 2. The fraction of sp³-hybridized carbons (Fsp3) is 0.579. The molecule has 6 nitrogen and oxygen atoms in total. The van der Waals surface area contributed by atoms with Crippen molar-refractivity contribution < 1.29 is 14.3 Å². The van der Waals surface area contributed by atoms with Crippen molar-refractivity contribution in [2.24, 2.45) is 5.92 Å². The maximum absolute atomic E-state index is 12.5. The van der Waals surface area contributed by atoms with Gasteiger partial charge < -0.3 is 15.0 Å². The lowest BCUT2D eigenvalue weighted by Crippen LogP contribution is -2.49. The van der Waals surface area contributed by atoms with E-state index in [9.17, 15) is 9.59 Å². The molecule has 0 unspecified atom stereocenters. The average Bonchev–Trinajstić information content (AvgIpc) is 2.62. The van der Waals surface area contributed by atoms with E-state index in [0.29, 0.717) is 26.2 Å². The Balaban J connectivity index is 1.43. The van der Waals surface area contributed by atoms with Crippen LogP contribution >= 0.6 is 0 Å². The van der Waals surface area contributed by atoms with Gasteiger partial charge in [0.15, 0.2) is 0 Å². The standard InChI is InChI=1S/C19H27N3O3/c1-15-13-21(11-12-25-15)14-18(23)22-9-7-16(8-10-22)19(24)20-17-5-3-2-4-6-17/h2-6,15-16H,7-14H2,1H3,(H,20,24)/t15-/m1/s1. The summed E-state index contributed by atoms with van der Waals surface area (Å²) >= 11 is 0. The van der Waals surface area contributed by atoms with Crippen LogP contribution in [0.2, 0.25) is 0 Å². The number of piperidine rings is 1. The zero-order valence-corrected chi connectivity index (χ0v) is 14.8. The molecule has 6 heteroatoms. The topological polar surface area (TPSA) is 61.9 Å². The SMILES string of the molecule is C[C@@H]1CN(CC(=O)N2CCC(C(=O)Nc3ccccc3)CC2)CCO1. The second-order valence-electron chi connectivity index (χ2n) is 6.93. The third-order valence-electron chi connectivity index (χ3n) is 4.94. The lowest BCUT2D eigenvalue weighted by molar-refractivity contribution is -0.137. The number of amides is 2. The van der Waals surface area contributed by atoms with E-state index in [-0.39, 0.29) is 23.8 Å². The molecule has 3 rings (SSSR count). The number of para-hydroxylation sites is 1. The van der Waals surface area contributed by atoms with Crippen LogP contribution in [0, 0.1) is 5.92 Å². The van der Waals surface area contributed by atoms with Crippen LogP contribution in [0.1, 0.15) is 19.8 Å². The molecule has 0 spiro atoms. The first kappa shape index (κ1) is 17.9. The summed E-state index contributed by atoms with van der Waals surface area (Å²) in [5, 5.41) is 2.96. The second kappa shape index (κ2) is 8.45. The first-order valence-electron chi connectivity index (χ1n) is 9.09. The summed E-state index contributed by atoms with van der Waals surface area (Å²) in [7, 11) is 0. The van der Waals surface area contributed by atoms with Gasteiger partial charge in [0.05, 0.1) is 19.3 Å². The second-order valence-corrected chi connectivity index (χ2v) is 6.93. The molecule has 2 aliphatic rings. The maximum atomic E-state index is 12.5. The quantitative estimate of drug-likeness (QED) is 0.900. The highest BCUT2D eigenvalue weighted by molar-refractivity contribution is 5.92. The molecule has 0 aromatic heterocycles. The van der Waals surface area contributed by atoms with E-state index >= 15 is 0 Å². The van der Waals surface area contributed by atoms with Crippen LogP contribution in [0.15, 0.2) is 30.3 Å². The fourth-order valence-electron chi connectivity index (χ4n) is 3.48. The number of nitrogens with zero attached hydrogens (tertiary/aromatic N) is 2. The Kier molecular flexibility index (Phi) is 6.04. The highest BCUT2D eigenvalue weighted by Gasteiger charge is 2.28. The summed E-state index contributed by atoms with van der Waals surface area (Å²) in [4.78, 5) is 28.9. The Morgan fingerprint density at radius 3 is 2.56 bits per heavy atom. The van der Waals surface area contributed by atoms with Crippen molar-refractivity contribution in [3.8, 4) is 0 Å². The van der Waals surface area contributed by atoms with E-state index in [1.54, 1.807) is 0 Å². The molecule has 0 bridgehead atoms. The molecule has 1 N–H and O–H groups in total. The molecule has 0 saturated carbocycles. The lowest BCUT2D eigenvalue weighted by Gasteiger charge is -2.35. The van der Waals surface area contributed by atoms with Gasteiger partial charge in [0.25, 0.3) is 0 Å². The Morgan fingerprint density at radius 2 is 1.88 bits per heavy atom. The first-order valence-corrected chi connectivity index (χ1v) is 9.09. The van der Waals surface area contributed by atoms with E-state index in [4.69, 9.17) is 4.74 Å². The van der Waals surface area contributed by atoms with Gasteiger partial charge in [-0.25, -0.2) is 0 Å². The van der Waals surface area contributed by atoms with Crippen LogP contribution in [0.5, 0.6) is 0 Å². The Morgan fingerprint density at radius 1 is 1.16 bits per heavy atom. The minimum atomic E-state index is -0.0207. The molecule has 2 fully saturated rings. The third kappa shape index (κ3) is 5.03. The van der Waals surface area contributed by atoms with Gasteiger partial charge in [0, 0.05) is 37.8 Å². The summed E-state index contributed by atoms with van der Waals surface area (Å²) in [5.41, 5.74) is 0.826. The minimum Gasteiger partial charge on any atom is -0.376 e. The summed E-state index contributed by atoms with van der Waals surface area (Å²) in [5.74, 6) is 0.198. The van der Waals surface area contributed by atoms with Crippen LogP contribution in [0.4, 0.5) is 5.69 Å². The summed E-state index contributed by atoms with van der Waals surface area (Å²) < 4.78 is 5.51. The van der Waals surface area contributed by atoms with Crippen LogP contribution in [0.25, 0.3) is 0 Å². The van der Waals surface area contributed by atoms with Gasteiger partial charge in [-0.15, -0.1) is 0 Å². The molecule has 2 heterocycles. The predicted molar refractivity (Wildman–Crippen MR) is 96.2 cm³/mol. The van der Waals surface area contributed by atoms with Crippen LogP contribution in [0.3, 0.4) is 0 Å². The van der Waals surface area contributed by atoms with Crippen LogP contribution in [-0.2, 0) is 14.3 Å². The summed E-state index contributed by atoms with van der Waals surface area (Å²) in [6.45, 7) is 6.11. The number of carbonyl (C=O) groups excluding carboxylic acids is 2. The smallest absolute Gasteiger partial charge is 0.236 e. The molecule has 136 valence electrons. The van der Waals surface area contributed by atoms with Gasteiger partial charge in [-0.1, -0.05) is 18.2 Å². The number of hydrogen-bond acceptors (Lipinski definition) is 4. The molecular weight excluding hydrogens is 318 g/mol. The van der Waals surface area contributed by atoms with E-state index < -0.39 is 0 Å².